The molecule has 4 bridgehead atoms. The summed E-state index contributed by atoms with van der Waals surface area (Å²) < 4.78 is 29.4. The minimum Gasteiger partial charge on any atom is -0.362 e. The molecule has 0 unspecified atom stereocenters. The van der Waals surface area contributed by atoms with Crippen LogP contribution in [0.15, 0.2) is 65.8 Å². The third-order valence-corrected chi connectivity index (χ3v) is 10.1. The predicted octanol–water partition coefficient (Wildman–Crippen LogP) is 6.30. The summed E-state index contributed by atoms with van der Waals surface area (Å²) in [5, 5.41) is 4.01. The molecule has 10 heteroatoms. The molecule has 0 spiro atoms. The summed E-state index contributed by atoms with van der Waals surface area (Å²) in [5.74, 6) is 0.485. The summed E-state index contributed by atoms with van der Waals surface area (Å²) in [6.45, 7) is 13.5. The number of benzene rings is 1. The van der Waals surface area contributed by atoms with Gasteiger partial charge in [0.25, 0.3) is 15.9 Å². The average molecular weight is 613 g/mol. The van der Waals surface area contributed by atoms with Crippen LogP contribution in [0.25, 0.3) is 10.9 Å². The molecular formula is C34H40N6O3S. The van der Waals surface area contributed by atoms with E-state index in [2.05, 4.69) is 60.6 Å². The van der Waals surface area contributed by atoms with E-state index in [1.807, 2.05) is 37.4 Å². The minimum absolute atomic E-state index is 0.0545. The molecule has 3 aromatic heterocycles. The summed E-state index contributed by atoms with van der Waals surface area (Å²) >= 11 is 0. The summed E-state index contributed by atoms with van der Waals surface area (Å²) in [7, 11) is -4.29. The second-order valence-electron chi connectivity index (χ2n) is 13.8. The van der Waals surface area contributed by atoms with Crippen molar-refractivity contribution in [3.05, 3.63) is 83.2 Å². The Morgan fingerprint density at radius 1 is 1.00 bits per heavy atom. The van der Waals surface area contributed by atoms with Gasteiger partial charge in [-0.15, -0.1) is 0 Å². The Morgan fingerprint density at radius 3 is 2.57 bits per heavy atom. The van der Waals surface area contributed by atoms with Crippen molar-refractivity contribution in [2.75, 3.05) is 16.8 Å². The Morgan fingerprint density at radius 2 is 1.80 bits per heavy atom. The van der Waals surface area contributed by atoms with Crippen LogP contribution >= 0.6 is 0 Å². The van der Waals surface area contributed by atoms with Gasteiger partial charge in [-0.3, -0.25) is 9.78 Å². The van der Waals surface area contributed by atoms with Crippen LogP contribution < -0.4 is 14.9 Å². The van der Waals surface area contributed by atoms with Crippen LogP contribution in [-0.2, 0) is 15.4 Å². The van der Waals surface area contributed by atoms with Gasteiger partial charge in [0.15, 0.2) is 5.03 Å². The molecule has 0 aliphatic carbocycles. The maximum atomic E-state index is 13.8. The SMILES string of the molecule is Cc1ccc2cc3c(nc2c1)N1C[C@@H](CC[C@@H](c2cc(C(C)(C)C)ccn2)Nc2cccc(n2)S(=O)(=O)NC3=O)CC1(C)C. The van der Waals surface area contributed by atoms with Crippen molar-refractivity contribution < 1.29 is 13.2 Å². The smallest absolute Gasteiger partial charge is 0.281 e. The number of nitrogens with one attached hydrogen (secondary N) is 2. The van der Waals surface area contributed by atoms with Crippen LogP contribution in [0.4, 0.5) is 11.6 Å². The molecule has 2 aliphatic heterocycles. The third-order valence-electron chi connectivity index (χ3n) is 8.83. The molecule has 0 radical (unpaired) electrons. The van der Waals surface area contributed by atoms with Crippen molar-refractivity contribution >= 4 is 38.5 Å². The van der Waals surface area contributed by atoms with Gasteiger partial charge in [-0.2, -0.15) is 8.42 Å². The number of pyridine rings is 3. The van der Waals surface area contributed by atoms with Crippen molar-refractivity contribution in [3.63, 3.8) is 0 Å². The number of sulfonamides is 1. The molecule has 5 heterocycles. The topological polar surface area (TPSA) is 117 Å². The van der Waals surface area contributed by atoms with Crippen molar-refractivity contribution in [1.82, 2.24) is 19.7 Å². The Bertz CT molecular complexity index is 1860. The van der Waals surface area contributed by atoms with Crippen LogP contribution in [0.1, 0.15) is 87.1 Å². The monoisotopic (exact) mass is 612 g/mol. The molecule has 1 fully saturated rings. The van der Waals surface area contributed by atoms with Crippen LogP contribution in [0.5, 0.6) is 0 Å². The molecular weight excluding hydrogens is 572 g/mol. The lowest BCUT2D eigenvalue weighted by atomic mass is 9.86. The third kappa shape index (κ3) is 5.87. The first-order valence-electron chi connectivity index (χ1n) is 15.2. The van der Waals surface area contributed by atoms with Gasteiger partial charge in [-0.05, 0) is 98.9 Å². The van der Waals surface area contributed by atoms with Crippen molar-refractivity contribution in [2.45, 2.75) is 82.8 Å². The summed E-state index contributed by atoms with van der Waals surface area (Å²) in [6.07, 6.45) is 4.40. The number of aromatic nitrogens is 3. The number of carbonyl (C=O) groups excluding carboxylic acids is 1. The van der Waals surface area contributed by atoms with Crippen LogP contribution in [0.3, 0.4) is 0 Å². The largest absolute Gasteiger partial charge is 0.362 e. The van der Waals surface area contributed by atoms with Crippen LogP contribution in [0, 0.1) is 12.8 Å². The summed E-state index contributed by atoms with van der Waals surface area (Å²) in [5.41, 5.74) is 3.74. The second-order valence-corrected chi connectivity index (χ2v) is 15.5. The van der Waals surface area contributed by atoms with Gasteiger partial charge in [0.2, 0.25) is 0 Å². The Hall–Kier alpha value is -4.05. The fourth-order valence-electron chi connectivity index (χ4n) is 6.45. The average Bonchev–Trinajstić information content (AvgIpc) is 3.27. The fourth-order valence-corrected chi connectivity index (χ4v) is 7.38. The lowest BCUT2D eigenvalue weighted by Gasteiger charge is -2.34. The van der Waals surface area contributed by atoms with Crippen LogP contribution in [-0.4, -0.2) is 41.4 Å². The van der Waals surface area contributed by atoms with Crippen molar-refractivity contribution in [3.8, 4) is 0 Å². The Kier molecular flexibility index (Phi) is 7.39. The number of carbonyl (C=O) groups is 1. The highest BCUT2D eigenvalue weighted by atomic mass is 32.2. The predicted molar refractivity (Wildman–Crippen MR) is 173 cm³/mol. The number of hydrogen-bond donors (Lipinski definition) is 2. The first kappa shape index (κ1) is 30.0. The van der Waals surface area contributed by atoms with Gasteiger partial charge in [0.05, 0.1) is 22.8 Å². The van der Waals surface area contributed by atoms with E-state index < -0.39 is 15.9 Å². The van der Waals surface area contributed by atoms with Gasteiger partial charge in [-0.1, -0.05) is 39.0 Å². The molecule has 2 N–H and O–H groups in total. The van der Waals surface area contributed by atoms with Gasteiger partial charge >= 0.3 is 0 Å². The maximum absolute atomic E-state index is 13.8. The molecule has 44 heavy (non-hydrogen) atoms. The first-order chi connectivity index (χ1) is 20.7. The zero-order valence-electron chi connectivity index (χ0n) is 26.2. The second kappa shape index (κ2) is 10.8. The summed E-state index contributed by atoms with van der Waals surface area (Å²) in [4.78, 5) is 30.1. The normalized spacial score (nSPS) is 21.5. The zero-order chi connectivity index (χ0) is 31.4. The number of hydrogen-bond acceptors (Lipinski definition) is 8. The molecule has 0 saturated carbocycles. The van der Waals surface area contributed by atoms with E-state index in [4.69, 9.17) is 9.97 Å². The fraction of sp³-hybridized carbons (Fsp3) is 0.412. The molecule has 2 atom stereocenters. The van der Waals surface area contributed by atoms with Gasteiger partial charge in [-0.25, -0.2) is 14.7 Å². The molecule has 9 nitrogen and oxygen atoms in total. The highest BCUT2D eigenvalue weighted by Gasteiger charge is 2.41. The highest BCUT2D eigenvalue weighted by Crippen LogP contribution is 2.41. The number of fused-ring (bicyclic) bond motifs is 7. The summed E-state index contributed by atoms with van der Waals surface area (Å²) in [6, 6.07) is 16.3. The minimum atomic E-state index is -4.29. The zero-order valence-corrected chi connectivity index (χ0v) is 27.0. The number of anilines is 2. The van der Waals surface area contributed by atoms with E-state index in [1.54, 1.807) is 18.2 Å². The number of aryl methyl sites for hydroxylation is 1. The lowest BCUT2D eigenvalue weighted by Crippen LogP contribution is -2.41. The van der Waals surface area contributed by atoms with E-state index in [9.17, 15) is 13.2 Å². The van der Waals surface area contributed by atoms with Crippen LogP contribution in [0.2, 0.25) is 0 Å². The molecule has 1 saturated heterocycles. The molecule has 4 aromatic rings. The quantitative estimate of drug-likeness (QED) is 0.257. The van der Waals surface area contributed by atoms with Crippen molar-refractivity contribution in [2.24, 2.45) is 5.92 Å². The maximum Gasteiger partial charge on any atom is 0.281 e. The number of rotatable bonds is 1. The van der Waals surface area contributed by atoms with Crippen molar-refractivity contribution in [1.29, 1.82) is 0 Å². The first-order valence-corrected chi connectivity index (χ1v) is 16.6. The highest BCUT2D eigenvalue weighted by molar-refractivity contribution is 7.90. The Balaban J connectivity index is 1.48. The van der Waals surface area contributed by atoms with E-state index in [0.29, 0.717) is 24.1 Å². The molecule has 2 aliphatic rings. The number of amides is 1. The van der Waals surface area contributed by atoms with E-state index >= 15 is 0 Å². The van der Waals surface area contributed by atoms with E-state index in [0.717, 1.165) is 41.4 Å². The molecule has 230 valence electrons. The molecule has 1 aromatic carbocycles. The standard InChI is InChI=1S/C34H40N6O3S/c1-21-10-12-23-17-25-31(37-27(23)16-21)40-20-22(19-34(40,5)6)11-13-26(28-18-24(14-15-35-28)33(2,3)4)36-29-8-7-9-30(38-29)44(42,43)39-32(25)41/h7-10,12,14-18,22,26H,11,13,19-20H2,1-6H3,(H,36,38)(H,39,41)/t22-,26-/m0/s1. The molecule has 6 rings (SSSR count). The Labute approximate surface area is 259 Å². The van der Waals surface area contributed by atoms with Gasteiger partial charge < -0.3 is 10.2 Å². The number of nitrogens with zero attached hydrogens (tertiary/aromatic N) is 4. The van der Waals surface area contributed by atoms with E-state index in [1.165, 1.54) is 11.6 Å². The lowest BCUT2D eigenvalue weighted by molar-refractivity contribution is 0.0981. The molecule has 1 amide bonds. The van der Waals surface area contributed by atoms with Gasteiger partial charge in [0.1, 0.15) is 11.6 Å². The van der Waals surface area contributed by atoms with Gasteiger partial charge in [0, 0.05) is 23.7 Å². The van der Waals surface area contributed by atoms with E-state index in [-0.39, 0.29) is 27.6 Å².